The van der Waals surface area contributed by atoms with E-state index in [-0.39, 0.29) is 22.5 Å². The molecule has 0 aliphatic rings. The van der Waals surface area contributed by atoms with E-state index >= 15 is 26.3 Å². The van der Waals surface area contributed by atoms with Gasteiger partial charge in [-0.2, -0.15) is 31.6 Å². The summed E-state index contributed by atoms with van der Waals surface area (Å²) < 4.78 is 93.6. The van der Waals surface area contributed by atoms with Gasteiger partial charge >= 0.3 is 12.4 Å². The highest BCUT2D eigenvalue weighted by Gasteiger charge is 2.41. The van der Waals surface area contributed by atoms with Crippen LogP contribution in [-0.4, -0.2) is 9.13 Å². The number of hydrogen-bond donors (Lipinski definition) is 0. The molecule has 0 spiro atoms. The molecule has 8 aromatic carbocycles. The first-order valence-electron chi connectivity index (χ1n) is 19.9. The lowest BCUT2D eigenvalue weighted by Gasteiger charge is -2.22. The summed E-state index contributed by atoms with van der Waals surface area (Å²) in [5.74, 6) is 0. The van der Waals surface area contributed by atoms with Gasteiger partial charge < -0.3 is 9.13 Å². The van der Waals surface area contributed by atoms with Gasteiger partial charge in [0.15, 0.2) is 0 Å². The Hall–Kier alpha value is -7.57. The molecule has 0 amide bonds. The van der Waals surface area contributed by atoms with Crippen LogP contribution in [0.1, 0.15) is 27.8 Å². The lowest BCUT2D eigenvalue weighted by atomic mass is 9.91. The van der Waals surface area contributed by atoms with Crippen molar-refractivity contribution in [1.29, 1.82) is 5.26 Å². The van der Waals surface area contributed by atoms with Crippen LogP contribution in [0.3, 0.4) is 0 Å². The van der Waals surface area contributed by atoms with Gasteiger partial charge in [-0.15, -0.1) is 0 Å². The number of nitriles is 1. The zero-order valence-electron chi connectivity index (χ0n) is 33.2. The minimum Gasteiger partial charge on any atom is -0.308 e. The fourth-order valence-corrected chi connectivity index (χ4v) is 9.03. The van der Waals surface area contributed by atoms with E-state index in [1.807, 2.05) is 135 Å². The molecule has 2 heterocycles. The quantitative estimate of drug-likeness (QED) is 0.159. The first kappa shape index (κ1) is 38.6. The van der Waals surface area contributed by atoms with Crippen LogP contribution in [0.5, 0.6) is 0 Å². The van der Waals surface area contributed by atoms with Crippen molar-refractivity contribution in [2.75, 3.05) is 0 Å². The SMILES string of the molecule is Cc1cccc(-c2ccc3c(c2)c2ccccc2n3-c2cc(-c3c(C(F)(F)F)cccc3C(F)(F)F)cc(-n3c4ccccc4c4cc(-c5cccc(C)c5)ccc43)c2C#N)c1. The molecule has 0 aliphatic carbocycles. The van der Waals surface area contributed by atoms with Gasteiger partial charge in [0, 0.05) is 27.1 Å². The first-order chi connectivity index (χ1) is 29.8. The van der Waals surface area contributed by atoms with E-state index < -0.39 is 29.0 Å². The van der Waals surface area contributed by atoms with E-state index in [0.29, 0.717) is 34.2 Å². The van der Waals surface area contributed by atoms with Gasteiger partial charge in [-0.3, -0.25) is 0 Å². The highest BCUT2D eigenvalue weighted by Crippen LogP contribution is 2.48. The molecule has 0 atom stereocenters. The van der Waals surface area contributed by atoms with Gasteiger partial charge in [0.1, 0.15) is 11.6 Å². The molecule has 0 aliphatic heterocycles. The Bertz CT molecular complexity index is 3270. The number of nitrogens with zero attached hydrogens (tertiary/aromatic N) is 3. The fraction of sp³-hybridized carbons (Fsp3) is 0.0755. The number of para-hydroxylation sites is 2. The van der Waals surface area contributed by atoms with Gasteiger partial charge in [-0.25, -0.2) is 0 Å². The van der Waals surface area contributed by atoms with Crippen LogP contribution in [-0.2, 0) is 12.4 Å². The summed E-state index contributed by atoms with van der Waals surface area (Å²) in [4.78, 5) is 0. The molecule has 0 fully saturated rings. The third kappa shape index (κ3) is 6.29. The Morgan fingerprint density at radius 3 is 1.23 bits per heavy atom. The molecular formula is C53H33F6N3. The Kier molecular flexibility index (Phi) is 8.89. The van der Waals surface area contributed by atoms with Crippen LogP contribution < -0.4 is 0 Å². The average molecular weight is 826 g/mol. The maximum Gasteiger partial charge on any atom is 0.417 e. The number of aryl methyl sites for hydroxylation is 2. The number of rotatable bonds is 5. The molecule has 10 rings (SSSR count). The molecule has 3 nitrogen and oxygen atoms in total. The van der Waals surface area contributed by atoms with Crippen LogP contribution >= 0.6 is 0 Å². The minimum absolute atomic E-state index is 0.0580. The van der Waals surface area contributed by atoms with Crippen molar-refractivity contribution in [2.45, 2.75) is 26.2 Å². The molecule has 62 heavy (non-hydrogen) atoms. The molecule has 10 aromatic rings. The summed E-state index contributed by atoms with van der Waals surface area (Å²) in [6.45, 7) is 4.01. The van der Waals surface area contributed by atoms with Crippen molar-refractivity contribution in [2.24, 2.45) is 0 Å². The van der Waals surface area contributed by atoms with E-state index in [1.165, 1.54) is 12.1 Å². The second-order valence-corrected chi connectivity index (χ2v) is 15.6. The van der Waals surface area contributed by atoms with Crippen molar-refractivity contribution < 1.29 is 26.3 Å². The van der Waals surface area contributed by atoms with Gasteiger partial charge in [-0.1, -0.05) is 114 Å². The largest absolute Gasteiger partial charge is 0.417 e. The van der Waals surface area contributed by atoms with Gasteiger partial charge in [-0.05, 0) is 102 Å². The van der Waals surface area contributed by atoms with Crippen LogP contribution in [0, 0.1) is 25.2 Å². The smallest absolute Gasteiger partial charge is 0.308 e. The maximum atomic E-state index is 15.0. The summed E-state index contributed by atoms with van der Waals surface area (Å²) in [5, 5.41) is 14.5. The maximum absolute atomic E-state index is 15.0. The third-order valence-electron chi connectivity index (χ3n) is 11.7. The fourth-order valence-electron chi connectivity index (χ4n) is 9.03. The Labute approximate surface area is 351 Å². The van der Waals surface area contributed by atoms with Gasteiger partial charge in [0.05, 0.1) is 44.6 Å². The first-order valence-corrected chi connectivity index (χ1v) is 19.9. The van der Waals surface area contributed by atoms with E-state index in [0.717, 1.165) is 61.0 Å². The van der Waals surface area contributed by atoms with Crippen LogP contribution in [0.15, 0.2) is 164 Å². The zero-order valence-corrected chi connectivity index (χ0v) is 33.2. The number of alkyl halides is 6. The van der Waals surface area contributed by atoms with Crippen molar-refractivity contribution in [3.63, 3.8) is 0 Å². The molecule has 2 aromatic heterocycles. The van der Waals surface area contributed by atoms with Gasteiger partial charge in [0.2, 0.25) is 0 Å². The highest BCUT2D eigenvalue weighted by molar-refractivity contribution is 6.12. The molecule has 0 N–H and O–H groups in total. The lowest BCUT2D eigenvalue weighted by Crippen LogP contribution is -2.15. The van der Waals surface area contributed by atoms with E-state index in [4.69, 9.17) is 0 Å². The van der Waals surface area contributed by atoms with Crippen LogP contribution in [0.4, 0.5) is 26.3 Å². The molecule has 0 radical (unpaired) electrons. The van der Waals surface area contributed by atoms with Crippen LogP contribution in [0.2, 0.25) is 0 Å². The third-order valence-corrected chi connectivity index (χ3v) is 11.7. The second-order valence-electron chi connectivity index (χ2n) is 15.6. The summed E-state index contributed by atoms with van der Waals surface area (Å²) >= 11 is 0. The predicted molar refractivity (Wildman–Crippen MR) is 236 cm³/mol. The van der Waals surface area contributed by atoms with Crippen molar-refractivity contribution >= 4 is 43.6 Å². The topological polar surface area (TPSA) is 33.6 Å². The van der Waals surface area contributed by atoms with E-state index in [9.17, 15) is 5.26 Å². The Morgan fingerprint density at radius 2 is 0.806 bits per heavy atom. The van der Waals surface area contributed by atoms with Crippen molar-refractivity contribution in [3.05, 3.63) is 192 Å². The molecular weight excluding hydrogens is 793 g/mol. The number of fused-ring (bicyclic) bond motifs is 6. The summed E-state index contributed by atoms with van der Waals surface area (Å²) in [7, 11) is 0. The normalized spacial score (nSPS) is 12.2. The average Bonchev–Trinajstić information content (AvgIpc) is 3.77. The number of benzene rings is 8. The number of aromatic nitrogens is 2. The number of halogens is 6. The summed E-state index contributed by atoms with van der Waals surface area (Å²) in [5.41, 5.74) is 4.47. The summed E-state index contributed by atoms with van der Waals surface area (Å²) in [6.07, 6.45) is -10.3. The van der Waals surface area contributed by atoms with Gasteiger partial charge in [0.25, 0.3) is 0 Å². The highest BCUT2D eigenvalue weighted by atomic mass is 19.4. The predicted octanol–water partition coefficient (Wildman–Crippen LogP) is 15.4. The molecule has 0 unspecified atom stereocenters. The molecule has 0 saturated heterocycles. The monoisotopic (exact) mass is 825 g/mol. The molecule has 302 valence electrons. The zero-order chi connectivity index (χ0) is 43.1. The Balaban J connectivity index is 1.35. The minimum atomic E-state index is -5.15. The molecule has 9 heteroatoms. The summed E-state index contributed by atoms with van der Waals surface area (Å²) in [6, 6.07) is 49.8. The number of hydrogen-bond acceptors (Lipinski definition) is 1. The lowest BCUT2D eigenvalue weighted by molar-refractivity contribution is -0.142. The van der Waals surface area contributed by atoms with E-state index in [2.05, 4.69) is 18.2 Å². The second kappa shape index (κ2) is 14.3. The molecule has 0 saturated carbocycles. The van der Waals surface area contributed by atoms with Crippen molar-refractivity contribution in [1.82, 2.24) is 9.13 Å². The Morgan fingerprint density at radius 1 is 0.403 bits per heavy atom. The van der Waals surface area contributed by atoms with E-state index in [1.54, 1.807) is 9.13 Å². The van der Waals surface area contributed by atoms with Crippen LogP contribution in [0.25, 0.3) is 88.4 Å². The van der Waals surface area contributed by atoms with Crippen molar-refractivity contribution in [3.8, 4) is 50.8 Å². The molecule has 0 bridgehead atoms. The standard InChI is InChI=1S/C53H33F6N3/c1-31-10-7-12-33(24-31)35-20-22-47-40(26-35)38-14-3-5-18-45(38)61(47)49-28-37(51-43(52(54,55)56)16-9-17-44(51)53(57,58)59)29-50(42(49)30-60)62-46-19-6-4-15-39(46)41-27-36(21-23-48(41)62)34-13-8-11-32(2)25-34/h3-29H,1-2H3.